The highest BCUT2D eigenvalue weighted by Crippen LogP contribution is 2.26. The first-order valence-corrected chi connectivity index (χ1v) is 4.77. The van der Waals surface area contributed by atoms with E-state index in [1.54, 1.807) is 0 Å². The Morgan fingerprint density at radius 3 is 2.92 bits per heavy atom. The number of aromatic amines is 1. The molecule has 2 rings (SSSR count). The molecule has 12 heavy (non-hydrogen) atoms. The van der Waals surface area contributed by atoms with E-state index in [9.17, 15) is 0 Å². The molecule has 0 spiro atoms. The van der Waals surface area contributed by atoms with Crippen LogP contribution in [-0.2, 0) is 12.8 Å². The van der Waals surface area contributed by atoms with E-state index < -0.39 is 0 Å². The molecule has 1 N–H and O–H groups in total. The molecule has 0 amide bonds. The van der Waals surface area contributed by atoms with Crippen molar-refractivity contribution in [2.75, 3.05) is 0 Å². The van der Waals surface area contributed by atoms with Gasteiger partial charge in [-0.1, -0.05) is 13.8 Å². The Balaban J connectivity index is 2.27. The summed E-state index contributed by atoms with van der Waals surface area (Å²) in [6, 6.07) is 0. The van der Waals surface area contributed by atoms with Crippen LogP contribution in [0.3, 0.4) is 0 Å². The first-order chi connectivity index (χ1) is 5.75. The van der Waals surface area contributed by atoms with Crippen LogP contribution in [0.2, 0.25) is 0 Å². The minimum Gasteiger partial charge on any atom is -0.282 e. The minimum absolute atomic E-state index is 0.807. The van der Waals surface area contributed by atoms with Crippen molar-refractivity contribution in [1.29, 1.82) is 0 Å². The van der Waals surface area contributed by atoms with E-state index in [4.69, 9.17) is 0 Å². The van der Waals surface area contributed by atoms with Crippen molar-refractivity contribution in [3.8, 4) is 0 Å². The number of hydrogen-bond acceptors (Lipinski definition) is 1. The van der Waals surface area contributed by atoms with Crippen molar-refractivity contribution in [3.63, 3.8) is 0 Å². The first-order valence-electron chi connectivity index (χ1n) is 4.77. The fourth-order valence-corrected chi connectivity index (χ4v) is 2.27. The molecule has 0 bridgehead atoms. The maximum atomic E-state index is 4.09. The Labute approximate surface area is 73.4 Å². The van der Waals surface area contributed by atoms with Crippen LogP contribution in [0.5, 0.6) is 0 Å². The summed E-state index contributed by atoms with van der Waals surface area (Å²) in [4.78, 5) is 0. The Morgan fingerprint density at radius 1 is 1.33 bits per heavy atom. The molecular weight excluding hydrogens is 148 g/mol. The quantitative estimate of drug-likeness (QED) is 0.585. The van der Waals surface area contributed by atoms with Crippen LogP contribution < -0.4 is 0 Å². The Kier molecular flexibility index (Phi) is 1.91. The van der Waals surface area contributed by atoms with E-state index in [1.807, 2.05) is 6.20 Å². The maximum absolute atomic E-state index is 4.09. The average molecular weight is 164 g/mol. The number of nitrogens with zero attached hydrogens (tertiary/aromatic N) is 1. The number of aromatic nitrogens is 2. The third-order valence-corrected chi connectivity index (χ3v) is 2.73. The number of nitrogens with one attached hydrogen (secondary N) is 1. The molecule has 66 valence electrons. The van der Waals surface area contributed by atoms with Gasteiger partial charge in [0.05, 0.1) is 6.20 Å². The van der Waals surface area contributed by atoms with Gasteiger partial charge in [0.1, 0.15) is 0 Å². The molecule has 1 aliphatic rings. The number of fused-ring (bicyclic) bond motifs is 1. The fraction of sp³-hybridized carbons (Fsp3) is 0.700. The average Bonchev–Trinajstić information content (AvgIpc) is 2.31. The highest BCUT2D eigenvalue weighted by atomic mass is 15.1. The highest BCUT2D eigenvalue weighted by Gasteiger charge is 2.18. The number of rotatable bonds is 0. The van der Waals surface area contributed by atoms with Gasteiger partial charge in [-0.3, -0.25) is 5.10 Å². The normalized spacial score (nSPS) is 29.5. The van der Waals surface area contributed by atoms with Crippen LogP contribution in [-0.4, -0.2) is 10.2 Å². The lowest BCUT2D eigenvalue weighted by Crippen LogP contribution is -2.03. The van der Waals surface area contributed by atoms with Crippen LogP contribution in [0.4, 0.5) is 0 Å². The summed E-state index contributed by atoms with van der Waals surface area (Å²) in [6.07, 6.45) is 5.72. The van der Waals surface area contributed by atoms with Gasteiger partial charge in [-0.25, -0.2) is 0 Å². The van der Waals surface area contributed by atoms with Gasteiger partial charge in [-0.2, -0.15) is 5.10 Å². The Morgan fingerprint density at radius 2 is 2.08 bits per heavy atom. The van der Waals surface area contributed by atoms with E-state index in [-0.39, 0.29) is 0 Å². The standard InChI is InChI=1S/C10H16N2/c1-7-3-8(2)5-10-9(4-7)6-11-12-10/h6-8H,3-5H2,1-2H3,(H,11,12). The predicted octanol–water partition coefficient (Wildman–Crippen LogP) is 2.17. The number of H-pyrrole nitrogens is 1. The summed E-state index contributed by atoms with van der Waals surface area (Å²) >= 11 is 0. The molecule has 2 nitrogen and oxygen atoms in total. The predicted molar refractivity (Wildman–Crippen MR) is 48.9 cm³/mol. The molecule has 1 heterocycles. The monoisotopic (exact) mass is 164 g/mol. The second-order valence-electron chi connectivity index (χ2n) is 4.23. The van der Waals surface area contributed by atoms with Crippen molar-refractivity contribution in [2.24, 2.45) is 11.8 Å². The van der Waals surface area contributed by atoms with Gasteiger partial charge < -0.3 is 0 Å². The summed E-state index contributed by atoms with van der Waals surface area (Å²) < 4.78 is 0. The largest absolute Gasteiger partial charge is 0.282 e. The van der Waals surface area contributed by atoms with E-state index in [0.717, 1.165) is 11.8 Å². The van der Waals surface area contributed by atoms with Crippen molar-refractivity contribution in [1.82, 2.24) is 10.2 Å². The SMILES string of the molecule is CC1Cc2cn[nH]c2CC(C)C1. The van der Waals surface area contributed by atoms with Crippen LogP contribution in [0, 0.1) is 11.8 Å². The fourth-order valence-electron chi connectivity index (χ4n) is 2.27. The summed E-state index contributed by atoms with van der Waals surface area (Å²) in [5, 5.41) is 7.19. The van der Waals surface area contributed by atoms with Crippen LogP contribution in [0.25, 0.3) is 0 Å². The topological polar surface area (TPSA) is 28.7 Å². The Bertz CT molecular complexity index is 240. The lowest BCUT2D eigenvalue weighted by molar-refractivity contribution is 0.426. The van der Waals surface area contributed by atoms with E-state index in [2.05, 4.69) is 24.0 Å². The molecule has 0 fully saturated rings. The second-order valence-corrected chi connectivity index (χ2v) is 4.23. The summed E-state index contributed by atoms with van der Waals surface area (Å²) in [7, 11) is 0. The molecular formula is C10H16N2. The van der Waals surface area contributed by atoms with Gasteiger partial charge in [0.15, 0.2) is 0 Å². The molecule has 2 heteroatoms. The van der Waals surface area contributed by atoms with Gasteiger partial charge >= 0.3 is 0 Å². The van der Waals surface area contributed by atoms with Crippen LogP contribution in [0.15, 0.2) is 6.20 Å². The zero-order valence-corrected chi connectivity index (χ0v) is 7.80. The molecule has 2 unspecified atom stereocenters. The van der Waals surface area contributed by atoms with Crippen molar-refractivity contribution in [2.45, 2.75) is 33.1 Å². The van der Waals surface area contributed by atoms with Crippen molar-refractivity contribution >= 4 is 0 Å². The number of hydrogen-bond donors (Lipinski definition) is 1. The lowest BCUT2D eigenvalue weighted by Gasteiger charge is -2.10. The Hall–Kier alpha value is -0.790. The van der Waals surface area contributed by atoms with E-state index in [0.29, 0.717) is 0 Å². The van der Waals surface area contributed by atoms with Crippen LogP contribution in [0.1, 0.15) is 31.5 Å². The second kappa shape index (κ2) is 2.92. The molecule has 0 radical (unpaired) electrons. The molecule has 0 aromatic carbocycles. The molecule has 2 atom stereocenters. The van der Waals surface area contributed by atoms with Crippen molar-refractivity contribution < 1.29 is 0 Å². The smallest absolute Gasteiger partial charge is 0.0522 e. The molecule has 1 aliphatic carbocycles. The molecule has 0 aliphatic heterocycles. The van der Waals surface area contributed by atoms with Gasteiger partial charge in [0, 0.05) is 5.69 Å². The molecule has 0 saturated carbocycles. The first kappa shape index (κ1) is 7.84. The zero-order valence-electron chi connectivity index (χ0n) is 7.80. The van der Waals surface area contributed by atoms with Gasteiger partial charge in [-0.15, -0.1) is 0 Å². The minimum atomic E-state index is 0.807. The van der Waals surface area contributed by atoms with Gasteiger partial charge in [-0.05, 0) is 36.7 Å². The van der Waals surface area contributed by atoms with Gasteiger partial charge in [0.2, 0.25) is 0 Å². The molecule has 1 aromatic rings. The molecule has 0 saturated heterocycles. The lowest BCUT2D eigenvalue weighted by atomic mass is 9.95. The highest BCUT2D eigenvalue weighted by molar-refractivity contribution is 5.18. The summed E-state index contributed by atoms with van der Waals surface area (Å²) in [5.74, 6) is 1.63. The zero-order chi connectivity index (χ0) is 8.55. The third kappa shape index (κ3) is 1.38. The molecule has 1 aromatic heterocycles. The van der Waals surface area contributed by atoms with E-state index >= 15 is 0 Å². The third-order valence-electron chi connectivity index (χ3n) is 2.73. The van der Waals surface area contributed by atoms with E-state index in [1.165, 1.54) is 30.5 Å². The summed E-state index contributed by atoms with van der Waals surface area (Å²) in [6.45, 7) is 4.66. The summed E-state index contributed by atoms with van der Waals surface area (Å²) in [5.41, 5.74) is 2.80. The van der Waals surface area contributed by atoms with Crippen LogP contribution >= 0.6 is 0 Å². The van der Waals surface area contributed by atoms with Gasteiger partial charge in [0.25, 0.3) is 0 Å². The maximum Gasteiger partial charge on any atom is 0.0522 e. The van der Waals surface area contributed by atoms with Crippen molar-refractivity contribution in [3.05, 3.63) is 17.5 Å².